The van der Waals surface area contributed by atoms with Crippen molar-refractivity contribution in [1.29, 1.82) is 5.26 Å². The van der Waals surface area contributed by atoms with Crippen LogP contribution in [0.25, 0.3) is 0 Å². The summed E-state index contributed by atoms with van der Waals surface area (Å²) in [4.78, 5) is 23.7. The molecule has 3 N–H and O–H groups in total. The van der Waals surface area contributed by atoms with Crippen molar-refractivity contribution in [2.75, 3.05) is 19.0 Å². The van der Waals surface area contributed by atoms with Gasteiger partial charge < -0.3 is 20.5 Å². The van der Waals surface area contributed by atoms with Crippen LogP contribution in [-0.4, -0.2) is 30.6 Å². The number of carboxylic acids is 1. The van der Waals surface area contributed by atoms with Gasteiger partial charge in [0.05, 0.1) is 30.7 Å². The molecule has 0 radical (unpaired) electrons. The van der Waals surface area contributed by atoms with Gasteiger partial charge in [-0.25, -0.2) is 0 Å². The van der Waals surface area contributed by atoms with E-state index in [1.807, 2.05) is 32.0 Å². The third-order valence-electron chi connectivity index (χ3n) is 6.43. The van der Waals surface area contributed by atoms with Gasteiger partial charge in [-0.15, -0.1) is 0 Å². The van der Waals surface area contributed by atoms with Crippen molar-refractivity contribution in [3.63, 3.8) is 0 Å². The van der Waals surface area contributed by atoms with E-state index in [-0.39, 0.29) is 17.9 Å². The van der Waals surface area contributed by atoms with E-state index in [2.05, 4.69) is 16.7 Å². The first kappa shape index (κ1) is 24.1. The zero-order valence-corrected chi connectivity index (χ0v) is 19.4. The number of hydrogen-bond acceptors (Lipinski definition) is 5. The molecule has 2 aromatic carbocycles. The summed E-state index contributed by atoms with van der Waals surface area (Å²) in [6, 6.07) is 12.9. The SMILES string of the molecule is COc1ccc(C#N)cc1C(C)Nc1ccc(C(=O)NCC2CCC(C(=O)O)CC2)cc1C. The van der Waals surface area contributed by atoms with Crippen molar-refractivity contribution in [1.82, 2.24) is 5.32 Å². The van der Waals surface area contributed by atoms with Gasteiger partial charge in [0.1, 0.15) is 5.75 Å². The Balaban J connectivity index is 1.60. The summed E-state index contributed by atoms with van der Waals surface area (Å²) < 4.78 is 5.45. The highest BCUT2D eigenvalue weighted by molar-refractivity contribution is 5.94. The first-order valence-electron chi connectivity index (χ1n) is 11.3. The van der Waals surface area contributed by atoms with Crippen molar-refractivity contribution >= 4 is 17.6 Å². The molecule has 0 aromatic heterocycles. The highest BCUT2D eigenvalue weighted by atomic mass is 16.5. The Kier molecular flexibility index (Phi) is 7.94. The average molecular weight is 450 g/mol. The predicted octanol–water partition coefficient (Wildman–Crippen LogP) is 4.67. The topological polar surface area (TPSA) is 111 Å². The van der Waals surface area contributed by atoms with Gasteiger partial charge in [-0.05, 0) is 87.4 Å². The van der Waals surface area contributed by atoms with E-state index < -0.39 is 5.97 Å². The molecule has 0 bridgehead atoms. The first-order valence-corrected chi connectivity index (χ1v) is 11.3. The van der Waals surface area contributed by atoms with Gasteiger partial charge in [-0.3, -0.25) is 9.59 Å². The lowest BCUT2D eigenvalue weighted by Crippen LogP contribution is -2.32. The van der Waals surface area contributed by atoms with Crippen LogP contribution in [0.1, 0.15) is 65.7 Å². The Morgan fingerprint density at radius 1 is 1.18 bits per heavy atom. The molecule has 0 spiro atoms. The van der Waals surface area contributed by atoms with Crippen LogP contribution >= 0.6 is 0 Å². The van der Waals surface area contributed by atoms with Crippen LogP contribution in [-0.2, 0) is 4.79 Å². The number of hydrogen-bond donors (Lipinski definition) is 3. The number of benzene rings is 2. The molecule has 1 aliphatic carbocycles. The Morgan fingerprint density at radius 3 is 2.52 bits per heavy atom. The molecular formula is C26H31N3O4. The van der Waals surface area contributed by atoms with Gasteiger partial charge in [0.15, 0.2) is 0 Å². The molecule has 1 amide bonds. The molecule has 7 heteroatoms. The molecule has 1 aliphatic rings. The van der Waals surface area contributed by atoms with Gasteiger partial charge >= 0.3 is 5.97 Å². The molecule has 7 nitrogen and oxygen atoms in total. The van der Waals surface area contributed by atoms with Crippen molar-refractivity contribution in [2.24, 2.45) is 11.8 Å². The Bertz CT molecular complexity index is 1050. The molecule has 0 aliphatic heterocycles. The van der Waals surface area contributed by atoms with E-state index in [0.717, 1.165) is 29.7 Å². The number of ether oxygens (including phenoxy) is 1. The molecule has 1 unspecified atom stereocenters. The second kappa shape index (κ2) is 10.9. The minimum absolute atomic E-state index is 0.104. The normalized spacial score (nSPS) is 18.6. The van der Waals surface area contributed by atoms with Crippen LogP contribution in [0.2, 0.25) is 0 Å². The number of aryl methyl sites for hydroxylation is 1. The maximum absolute atomic E-state index is 12.6. The van der Waals surface area contributed by atoms with Gasteiger partial charge in [0.25, 0.3) is 5.91 Å². The number of methoxy groups -OCH3 is 1. The number of nitriles is 1. The monoisotopic (exact) mass is 449 g/mol. The summed E-state index contributed by atoms with van der Waals surface area (Å²) in [7, 11) is 1.61. The van der Waals surface area contributed by atoms with E-state index in [1.54, 1.807) is 25.3 Å². The fraction of sp³-hybridized carbons (Fsp3) is 0.423. The Labute approximate surface area is 194 Å². The molecule has 33 heavy (non-hydrogen) atoms. The zero-order valence-electron chi connectivity index (χ0n) is 19.4. The largest absolute Gasteiger partial charge is 0.496 e. The van der Waals surface area contributed by atoms with Gasteiger partial charge in [0, 0.05) is 23.4 Å². The molecule has 0 heterocycles. The van der Waals surface area contributed by atoms with Gasteiger partial charge in [0.2, 0.25) is 0 Å². The summed E-state index contributed by atoms with van der Waals surface area (Å²) in [5.41, 5.74) is 3.88. The van der Waals surface area contributed by atoms with Crippen LogP contribution in [0.4, 0.5) is 5.69 Å². The second-order valence-electron chi connectivity index (χ2n) is 8.73. The van der Waals surface area contributed by atoms with Crippen LogP contribution in [0.3, 0.4) is 0 Å². The third-order valence-corrected chi connectivity index (χ3v) is 6.43. The number of anilines is 1. The number of amides is 1. The summed E-state index contributed by atoms with van der Waals surface area (Å²) in [6.07, 6.45) is 3.01. The maximum atomic E-state index is 12.6. The minimum Gasteiger partial charge on any atom is -0.496 e. The molecule has 1 fully saturated rings. The second-order valence-corrected chi connectivity index (χ2v) is 8.73. The molecule has 0 saturated heterocycles. The molecule has 2 aromatic rings. The Hall–Kier alpha value is -3.53. The lowest BCUT2D eigenvalue weighted by Gasteiger charge is -2.26. The summed E-state index contributed by atoms with van der Waals surface area (Å²) in [5.74, 6) is -0.0513. The van der Waals surface area contributed by atoms with Crippen LogP contribution in [0.15, 0.2) is 36.4 Å². The molecule has 1 saturated carbocycles. The van der Waals surface area contributed by atoms with E-state index in [0.29, 0.717) is 42.2 Å². The van der Waals surface area contributed by atoms with Crippen molar-refractivity contribution in [3.05, 3.63) is 58.7 Å². The highest BCUT2D eigenvalue weighted by Gasteiger charge is 2.26. The molecule has 1 atom stereocenters. The smallest absolute Gasteiger partial charge is 0.306 e. The van der Waals surface area contributed by atoms with E-state index >= 15 is 0 Å². The quantitative estimate of drug-likeness (QED) is 0.540. The number of rotatable bonds is 8. The zero-order chi connectivity index (χ0) is 24.0. The number of nitrogens with zero attached hydrogens (tertiary/aromatic N) is 1. The molecule has 3 rings (SSSR count). The fourth-order valence-corrected chi connectivity index (χ4v) is 4.37. The van der Waals surface area contributed by atoms with Gasteiger partial charge in [-0.1, -0.05) is 0 Å². The molecule has 174 valence electrons. The standard InChI is InChI=1S/C26H31N3O4/c1-16-12-21(25(30)28-15-18-4-7-20(8-5-18)26(31)32)9-10-23(16)29-17(2)22-13-19(14-27)6-11-24(22)33-3/h6,9-13,17-18,20,29H,4-5,7-8,15H2,1-3H3,(H,28,30)(H,31,32). The van der Waals surface area contributed by atoms with Crippen molar-refractivity contribution in [2.45, 2.75) is 45.6 Å². The number of aliphatic carboxylic acids is 1. The summed E-state index contributed by atoms with van der Waals surface area (Å²) in [6.45, 7) is 4.51. The summed E-state index contributed by atoms with van der Waals surface area (Å²) >= 11 is 0. The summed E-state index contributed by atoms with van der Waals surface area (Å²) in [5, 5.41) is 24.8. The van der Waals surface area contributed by atoms with Crippen LogP contribution in [0, 0.1) is 30.1 Å². The van der Waals surface area contributed by atoms with Crippen molar-refractivity contribution in [3.8, 4) is 11.8 Å². The maximum Gasteiger partial charge on any atom is 0.306 e. The lowest BCUT2D eigenvalue weighted by atomic mass is 9.82. The fourth-order valence-electron chi connectivity index (χ4n) is 4.37. The van der Waals surface area contributed by atoms with Crippen molar-refractivity contribution < 1.29 is 19.4 Å². The molecular weight excluding hydrogens is 418 g/mol. The first-order chi connectivity index (χ1) is 15.8. The number of carboxylic acid groups (broad SMARTS) is 1. The van der Waals surface area contributed by atoms with E-state index in [9.17, 15) is 14.9 Å². The number of nitrogens with one attached hydrogen (secondary N) is 2. The minimum atomic E-state index is -0.716. The average Bonchev–Trinajstić information content (AvgIpc) is 2.83. The van der Waals surface area contributed by atoms with Crippen LogP contribution < -0.4 is 15.4 Å². The lowest BCUT2D eigenvalue weighted by molar-refractivity contribution is -0.143. The van der Waals surface area contributed by atoms with Gasteiger partial charge in [-0.2, -0.15) is 5.26 Å². The van der Waals surface area contributed by atoms with E-state index in [4.69, 9.17) is 9.84 Å². The number of carbonyl (C=O) groups excluding carboxylic acids is 1. The predicted molar refractivity (Wildman–Crippen MR) is 126 cm³/mol. The number of carbonyl (C=O) groups is 2. The van der Waals surface area contributed by atoms with Crippen LogP contribution in [0.5, 0.6) is 5.75 Å². The highest BCUT2D eigenvalue weighted by Crippen LogP contribution is 2.31. The van der Waals surface area contributed by atoms with E-state index in [1.165, 1.54) is 0 Å². The Morgan fingerprint density at radius 2 is 1.91 bits per heavy atom. The third kappa shape index (κ3) is 6.04.